The third-order valence-corrected chi connectivity index (χ3v) is 4.04. The molecule has 0 amide bonds. The Morgan fingerprint density at radius 3 is 2.05 bits per heavy atom. The summed E-state index contributed by atoms with van der Waals surface area (Å²) in [6.07, 6.45) is 0. The number of rotatable bonds is 2. The lowest BCUT2D eigenvalue weighted by Gasteiger charge is -2.11. The minimum atomic E-state index is -0.0923. The molecule has 104 valence electrons. The van der Waals surface area contributed by atoms with E-state index in [0.717, 1.165) is 16.7 Å². The van der Waals surface area contributed by atoms with Gasteiger partial charge in [-0.15, -0.1) is 0 Å². The number of carbonyl (C=O) groups is 1. The summed E-state index contributed by atoms with van der Waals surface area (Å²) in [5.41, 5.74) is 10.2. The molecule has 0 fully saturated rings. The zero-order valence-corrected chi connectivity index (χ0v) is 13.1. The normalized spacial score (nSPS) is 10.7. The van der Waals surface area contributed by atoms with Crippen molar-refractivity contribution in [2.45, 2.75) is 20.8 Å². The Balaban J connectivity index is 2.58. The fourth-order valence-corrected chi connectivity index (χ4v) is 2.76. The standard InChI is InChI=1S/C16H15Cl2NO/c1-8-4-9(2)14(10(3)5-8)16(20)11-6-12(17)15(18)13(19)7-11/h4-7H,19H2,1-3H3. The predicted octanol–water partition coefficient (Wildman–Crippen LogP) is 4.73. The molecule has 2 N–H and O–H groups in total. The molecule has 0 heterocycles. The number of carbonyl (C=O) groups excluding carboxylic acids is 1. The number of halogens is 2. The van der Waals surface area contributed by atoms with Crippen molar-refractivity contribution in [2.75, 3.05) is 5.73 Å². The van der Waals surface area contributed by atoms with Crippen LogP contribution in [0.1, 0.15) is 32.6 Å². The van der Waals surface area contributed by atoms with Crippen LogP contribution < -0.4 is 5.73 Å². The maximum atomic E-state index is 12.7. The molecule has 0 saturated heterocycles. The summed E-state index contributed by atoms with van der Waals surface area (Å²) in [5, 5.41) is 0.568. The molecule has 0 unspecified atom stereocenters. The zero-order valence-electron chi connectivity index (χ0n) is 11.6. The van der Waals surface area contributed by atoms with E-state index in [1.807, 2.05) is 32.9 Å². The zero-order chi connectivity index (χ0) is 15.0. The highest BCUT2D eigenvalue weighted by atomic mass is 35.5. The molecule has 0 spiro atoms. The molecule has 0 radical (unpaired) electrons. The number of hydrogen-bond acceptors (Lipinski definition) is 2. The van der Waals surface area contributed by atoms with Crippen molar-refractivity contribution in [1.29, 1.82) is 0 Å². The van der Waals surface area contributed by atoms with E-state index in [0.29, 0.717) is 16.8 Å². The quantitative estimate of drug-likeness (QED) is 0.643. The number of nitrogens with two attached hydrogens (primary N) is 1. The molecule has 2 aromatic carbocycles. The predicted molar refractivity (Wildman–Crippen MR) is 85.0 cm³/mol. The van der Waals surface area contributed by atoms with E-state index in [2.05, 4.69) is 0 Å². The lowest BCUT2D eigenvalue weighted by Crippen LogP contribution is -2.07. The summed E-state index contributed by atoms with van der Waals surface area (Å²) < 4.78 is 0. The molecule has 0 aromatic heterocycles. The average Bonchev–Trinajstić information content (AvgIpc) is 2.33. The molecule has 0 saturated carbocycles. The Morgan fingerprint density at radius 2 is 1.55 bits per heavy atom. The van der Waals surface area contributed by atoms with Crippen LogP contribution in [0.3, 0.4) is 0 Å². The minimum absolute atomic E-state index is 0.0923. The fourth-order valence-electron chi connectivity index (χ4n) is 2.42. The van der Waals surface area contributed by atoms with Crippen molar-refractivity contribution in [3.05, 3.63) is 62.1 Å². The molecule has 0 aliphatic carbocycles. The summed E-state index contributed by atoms with van der Waals surface area (Å²) in [7, 11) is 0. The third-order valence-electron chi connectivity index (χ3n) is 3.22. The summed E-state index contributed by atoms with van der Waals surface area (Å²) in [4.78, 5) is 12.7. The van der Waals surface area contributed by atoms with Gasteiger partial charge in [-0.2, -0.15) is 0 Å². The molecule has 4 heteroatoms. The first kappa shape index (κ1) is 14.9. The Kier molecular flexibility index (Phi) is 4.07. The summed E-state index contributed by atoms with van der Waals surface area (Å²) in [6.45, 7) is 5.85. The van der Waals surface area contributed by atoms with Gasteiger partial charge in [0.25, 0.3) is 0 Å². The van der Waals surface area contributed by atoms with Crippen molar-refractivity contribution < 1.29 is 4.79 Å². The largest absolute Gasteiger partial charge is 0.397 e. The van der Waals surface area contributed by atoms with Crippen LogP contribution in [0, 0.1) is 20.8 Å². The average molecular weight is 308 g/mol. The van der Waals surface area contributed by atoms with Gasteiger partial charge in [-0.05, 0) is 44.0 Å². The van der Waals surface area contributed by atoms with E-state index in [1.165, 1.54) is 0 Å². The van der Waals surface area contributed by atoms with Crippen LogP contribution in [0.25, 0.3) is 0 Å². The lowest BCUT2D eigenvalue weighted by atomic mass is 9.93. The number of hydrogen-bond donors (Lipinski definition) is 1. The first-order chi connectivity index (χ1) is 9.31. The van der Waals surface area contributed by atoms with Crippen LogP contribution in [0.4, 0.5) is 5.69 Å². The van der Waals surface area contributed by atoms with Crippen LogP contribution in [0.2, 0.25) is 10.0 Å². The first-order valence-electron chi connectivity index (χ1n) is 6.18. The van der Waals surface area contributed by atoms with Gasteiger partial charge < -0.3 is 5.73 Å². The van der Waals surface area contributed by atoms with Crippen LogP contribution in [-0.2, 0) is 0 Å². The SMILES string of the molecule is Cc1cc(C)c(C(=O)c2cc(N)c(Cl)c(Cl)c2)c(C)c1. The second kappa shape index (κ2) is 5.47. The van der Waals surface area contributed by atoms with Gasteiger partial charge in [0.05, 0.1) is 15.7 Å². The van der Waals surface area contributed by atoms with Crippen LogP contribution >= 0.6 is 23.2 Å². The van der Waals surface area contributed by atoms with Crippen molar-refractivity contribution >= 4 is 34.7 Å². The highest BCUT2D eigenvalue weighted by Crippen LogP contribution is 2.31. The molecule has 2 nitrogen and oxygen atoms in total. The molecule has 2 rings (SSSR count). The van der Waals surface area contributed by atoms with E-state index < -0.39 is 0 Å². The van der Waals surface area contributed by atoms with E-state index in [-0.39, 0.29) is 15.8 Å². The first-order valence-corrected chi connectivity index (χ1v) is 6.94. The fraction of sp³-hybridized carbons (Fsp3) is 0.188. The van der Waals surface area contributed by atoms with Gasteiger partial charge in [0, 0.05) is 11.1 Å². The van der Waals surface area contributed by atoms with Gasteiger partial charge in [0.1, 0.15) is 0 Å². The Hall–Kier alpha value is -1.51. The smallest absolute Gasteiger partial charge is 0.193 e. The molecule has 0 aliphatic rings. The molecule has 0 bridgehead atoms. The maximum Gasteiger partial charge on any atom is 0.193 e. The van der Waals surface area contributed by atoms with Crippen molar-refractivity contribution in [1.82, 2.24) is 0 Å². The number of ketones is 1. The summed E-state index contributed by atoms with van der Waals surface area (Å²) in [5.74, 6) is -0.0923. The molecule has 0 aliphatic heterocycles. The van der Waals surface area contributed by atoms with E-state index in [4.69, 9.17) is 28.9 Å². The third kappa shape index (κ3) is 2.67. The number of anilines is 1. The Bertz CT molecular complexity index is 662. The topological polar surface area (TPSA) is 43.1 Å². The molecular formula is C16H15Cl2NO. The summed E-state index contributed by atoms with van der Waals surface area (Å²) >= 11 is 11.9. The lowest BCUT2D eigenvalue weighted by molar-refractivity contribution is 0.103. The van der Waals surface area contributed by atoms with Crippen molar-refractivity contribution in [2.24, 2.45) is 0 Å². The van der Waals surface area contributed by atoms with Gasteiger partial charge in [-0.1, -0.05) is 40.9 Å². The van der Waals surface area contributed by atoms with Gasteiger partial charge in [0.2, 0.25) is 0 Å². The van der Waals surface area contributed by atoms with E-state index in [1.54, 1.807) is 12.1 Å². The monoisotopic (exact) mass is 307 g/mol. The van der Waals surface area contributed by atoms with Gasteiger partial charge >= 0.3 is 0 Å². The van der Waals surface area contributed by atoms with Crippen LogP contribution in [0.5, 0.6) is 0 Å². The van der Waals surface area contributed by atoms with Crippen LogP contribution in [-0.4, -0.2) is 5.78 Å². The minimum Gasteiger partial charge on any atom is -0.397 e. The van der Waals surface area contributed by atoms with E-state index in [9.17, 15) is 4.79 Å². The number of aryl methyl sites for hydroxylation is 3. The highest BCUT2D eigenvalue weighted by Gasteiger charge is 2.17. The molecular weight excluding hydrogens is 293 g/mol. The Morgan fingerprint density at radius 1 is 1.00 bits per heavy atom. The van der Waals surface area contributed by atoms with Crippen molar-refractivity contribution in [3.63, 3.8) is 0 Å². The van der Waals surface area contributed by atoms with Gasteiger partial charge in [-0.25, -0.2) is 0 Å². The molecule has 2 aromatic rings. The molecule has 0 atom stereocenters. The maximum absolute atomic E-state index is 12.7. The second-order valence-electron chi connectivity index (χ2n) is 4.96. The van der Waals surface area contributed by atoms with Gasteiger partial charge in [-0.3, -0.25) is 4.79 Å². The number of benzene rings is 2. The van der Waals surface area contributed by atoms with Crippen molar-refractivity contribution in [3.8, 4) is 0 Å². The highest BCUT2D eigenvalue weighted by molar-refractivity contribution is 6.44. The number of nitrogen functional groups attached to an aromatic ring is 1. The Labute approximate surface area is 128 Å². The molecule has 20 heavy (non-hydrogen) atoms. The van der Waals surface area contributed by atoms with Crippen LogP contribution in [0.15, 0.2) is 24.3 Å². The summed E-state index contributed by atoms with van der Waals surface area (Å²) in [6, 6.07) is 7.10. The van der Waals surface area contributed by atoms with Gasteiger partial charge in [0.15, 0.2) is 5.78 Å². The van der Waals surface area contributed by atoms with E-state index >= 15 is 0 Å². The second-order valence-corrected chi connectivity index (χ2v) is 5.75.